The Balaban J connectivity index is 1.84. The van der Waals surface area contributed by atoms with E-state index in [1.54, 1.807) is 0 Å². The minimum absolute atomic E-state index is 0.0185. The smallest absolute Gasteiger partial charge is 0.296 e. The van der Waals surface area contributed by atoms with Crippen molar-refractivity contribution in [3.05, 3.63) is 47.5 Å². The van der Waals surface area contributed by atoms with Gasteiger partial charge in [-0.25, -0.2) is 0 Å². The van der Waals surface area contributed by atoms with E-state index in [2.05, 4.69) is 17.2 Å². The van der Waals surface area contributed by atoms with Crippen molar-refractivity contribution in [2.24, 2.45) is 17.8 Å². The first-order valence-electron chi connectivity index (χ1n) is 8.81. The van der Waals surface area contributed by atoms with E-state index in [-0.39, 0.29) is 17.7 Å². The first-order valence-corrected chi connectivity index (χ1v) is 8.81. The highest BCUT2D eigenvalue weighted by Gasteiger charge is 2.54. The minimum atomic E-state index is -0.551. The fourth-order valence-electron chi connectivity index (χ4n) is 3.89. The van der Waals surface area contributed by atoms with Crippen LogP contribution in [-0.4, -0.2) is 35.7 Å². The molecular formula is C21H22N2O3. The van der Waals surface area contributed by atoms with Crippen LogP contribution in [0, 0.1) is 29.6 Å². The second kappa shape index (κ2) is 7.17. The van der Waals surface area contributed by atoms with Crippen molar-refractivity contribution >= 4 is 17.7 Å². The van der Waals surface area contributed by atoms with E-state index >= 15 is 0 Å². The van der Waals surface area contributed by atoms with Gasteiger partial charge >= 0.3 is 0 Å². The number of imide groups is 1. The summed E-state index contributed by atoms with van der Waals surface area (Å²) in [5.41, 5.74) is 1.65. The number of hydrogen-bond acceptors (Lipinski definition) is 3. The van der Waals surface area contributed by atoms with Crippen molar-refractivity contribution in [3.8, 4) is 11.8 Å². The molecule has 1 aliphatic heterocycles. The number of likely N-dealkylation sites (tertiary alicyclic amines) is 1. The van der Waals surface area contributed by atoms with E-state index in [9.17, 15) is 14.4 Å². The molecule has 1 fully saturated rings. The van der Waals surface area contributed by atoms with Gasteiger partial charge in [0.2, 0.25) is 11.8 Å². The van der Waals surface area contributed by atoms with Gasteiger partial charge in [-0.15, -0.1) is 0 Å². The van der Waals surface area contributed by atoms with Gasteiger partial charge in [0.25, 0.3) is 5.91 Å². The molecule has 3 rings (SSSR count). The Morgan fingerprint density at radius 1 is 1.15 bits per heavy atom. The second-order valence-electron chi connectivity index (χ2n) is 6.84. The van der Waals surface area contributed by atoms with Crippen LogP contribution in [0.3, 0.4) is 0 Å². The van der Waals surface area contributed by atoms with E-state index < -0.39 is 23.8 Å². The molecule has 1 aliphatic carbocycles. The summed E-state index contributed by atoms with van der Waals surface area (Å²) in [4.78, 5) is 38.6. The zero-order valence-corrected chi connectivity index (χ0v) is 15.2. The molecular weight excluding hydrogens is 328 g/mol. The molecule has 5 heteroatoms. The van der Waals surface area contributed by atoms with E-state index in [4.69, 9.17) is 0 Å². The number of carbonyl (C=O) groups is 3. The molecule has 1 N–H and O–H groups in total. The van der Waals surface area contributed by atoms with Gasteiger partial charge in [0, 0.05) is 18.5 Å². The van der Waals surface area contributed by atoms with Gasteiger partial charge in [0.15, 0.2) is 0 Å². The summed E-state index contributed by atoms with van der Waals surface area (Å²) >= 11 is 0. The Kier molecular flexibility index (Phi) is 4.94. The van der Waals surface area contributed by atoms with Crippen molar-refractivity contribution in [1.29, 1.82) is 0 Å². The third-order valence-corrected chi connectivity index (χ3v) is 5.26. The number of nitrogens with zero attached hydrogens (tertiary/aromatic N) is 1. The third-order valence-electron chi connectivity index (χ3n) is 5.26. The lowest BCUT2D eigenvalue weighted by molar-refractivity contribution is -0.138. The standard InChI is InChI=1S/C21H22N2O3/c1-4-15-12-13(2)19(18-17(15)20(25)23(3)21(18)26)22-16(24)11-10-14-8-6-5-7-9-14/h5-9,12,15,17-19H,4H2,1-3H3,(H,22,24)/t15-,17-,18-,19+/m0/s1. The van der Waals surface area contributed by atoms with Crippen LogP contribution in [-0.2, 0) is 14.4 Å². The summed E-state index contributed by atoms with van der Waals surface area (Å²) in [7, 11) is 1.51. The molecule has 5 nitrogen and oxygen atoms in total. The van der Waals surface area contributed by atoms with E-state index in [0.29, 0.717) is 0 Å². The van der Waals surface area contributed by atoms with Gasteiger partial charge in [0.05, 0.1) is 17.9 Å². The Morgan fingerprint density at radius 3 is 2.46 bits per heavy atom. The van der Waals surface area contributed by atoms with Crippen LogP contribution in [0.2, 0.25) is 0 Å². The van der Waals surface area contributed by atoms with Crippen molar-refractivity contribution in [3.63, 3.8) is 0 Å². The predicted molar refractivity (Wildman–Crippen MR) is 97.5 cm³/mol. The van der Waals surface area contributed by atoms with E-state index in [1.165, 1.54) is 11.9 Å². The van der Waals surface area contributed by atoms with Gasteiger partial charge in [-0.3, -0.25) is 19.3 Å². The molecule has 1 heterocycles. The number of nitrogens with one attached hydrogen (secondary N) is 1. The maximum Gasteiger partial charge on any atom is 0.296 e. The molecule has 134 valence electrons. The lowest BCUT2D eigenvalue weighted by atomic mass is 9.71. The summed E-state index contributed by atoms with van der Waals surface area (Å²) in [6, 6.07) is 8.73. The van der Waals surface area contributed by atoms with Crippen LogP contribution < -0.4 is 5.32 Å². The third kappa shape index (κ3) is 3.15. The average Bonchev–Trinajstić information content (AvgIpc) is 2.87. The molecule has 0 spiro atoms. The first-order chi connectivity index (χ1) is 12.4. The Labute approximate surface area is 153 Å². The molecule has 1 aromatic carbocycles. The number of carbonyl (C=O) groups excluding carboxylic acids is 3. The molecule has 0 unspecified atom stereocenters. The van der Waals surface area contributed by atoms with Crippen molar-refractivity contribution in [1.82, 2.24) is 10.2 Å². The molecule has 1 aromatic rings. The molecule has 4 atom stereocenters. The van der Waals surface area contributed by atoms with Crippen LogP contribution in [0.25, 0.3) is 0 Å². The van der Waals surface area contributed by atoms with Crippen LogP contribution in [0.15, 0.2) is 42.0 Å². The van der Waals surface area contributed by atoms with Crippen LogP contribution in [0.4, 0.5) is 0 Å². The fraction of sp³-hybridized carbons (Fsp3) is 0.381. The van der Waals surface area contributed by atoms with Gasteiger partial charge in [-0.1, -0.05) is 42.7 Å². The Morgan fingerprint density at radius 2 is 1.81 bits per heavy atom. The maximum absolute atomic E-state index is 12.6. The van der Waals surface area contributed by atoms with Gasteiger partial charge in [-0.05, 0) is 31.4 Å². The van der Waals surface area contributed by atoms with E-state index in [0.717, 1.165) is 17.6 Å². The summed E-state index contributed by atoms with van der Waals surface area (Å²) in [6.45, 7) is 3.90. The zero-order chi connectivity index (χ0) is 18.8. The number of rotatable bonds is 2. The topological polar surface area (TPSA) is 66.5 Å². The van der Waals surface area contributed by atoms with Crippen LogP contribution in [0.1, 0.15) is 25.8 Å². The van der Waals surface area contributed by atoms with Crippen molar-refractivity contribution < 1.29 is 14.4 Å². The molecule has 0 saturated carbocycles. The van der Waals surface area contributed by atoms with Crippen molar-refractivity contribution in [2.45, 2.75) is 26.3 Å². The molecule has 3 amide bonds. The summed E-state index contributed by atoms with van der Waals surface area (Å²) in [5.74, 6) is 3.60. The monoisotopic (exact) mass is 350 g/mol. The summed E-state index contributed by atoms with van der Waals surface area (Å²) in [5, 5.41) is 2.85. The lowest BCUT2D eigenvalue weighted by Gasteiger charge is -2.34. The highest BCUT2D eigenvalue weighted by molar-refractivity contribution is 6.06. The summed E-state index contributed by atoms with van der Waals surface area (Å²) in [6.07, 6.45) is 2.79. The van der Waals surface area contributed by atoms with Gasteiger partial charge in [-0.2, -0.15) is 0 Å². The normalized spacial score (nSPS) is 27.3. The molecule has 0 radical (unpaired) electrons. The minimum Gasteiger partial charge on any atom is -0.338 e. The molecule has 1 saturated heterocycles. The van der Waals surface area contributed by atoms with Gasteiger partial charge < -0.3 is 5.32 Å². The van der Waals surface area contributed by atoms with Gasteiger partial charge in [0.1, 0.15) is 0 Å². The number of amides is 3. The first kappa shape index (κ1) is 17.9. The summed E-state index contributed by atoms with van der Waals surface area (Å²) < 4.78 is 0. The van der Waals surface area contributed by atoms with Crippen LogP contribution in [0.5, 0.6) is 0 Å². The Hall–Kier alpha value is -2.87. The maximum atomic E-state index is 12.6. The van der Waals surface area contributed by atoms with E-state index in [1.807, 2.05) is 50.3 Å². The lowest BCUT2D eigenvalue weighted by Crippen LogP contribution is -2.49. The number of benzene rings is 1. The number of hydrogen-bond donors (Lipinski definition) is 1. The van der Waals surface area contributed by atoms with Crippen LogP contribution >= 0.6 is 0 Å². The quantitative estimate of drug-likeness (QED) is 0.502. The molecule has 0 aromatic heterocycles. The highest BCUT2D eigenvalue weighted by atomic mass is 16.2. The zero-order valence-electron chi connectivity index (χ0n) is 15.2. The highest BCUT2D eigenvalue weighted by Crippen LogP contribution is 2.41. The molecule has 0 bridgehead atoms. The number of allylic oxidation sites excluding steroid dienone is 1. The van der Waals surface area contributed by atoms with Crippen molar-refractivity contribution in [2.75, 3.05) is 7.05 Å². The Bertz CT molecular complexity index is 832. The average molecular weight is 350 g/mol. The molecule has 2 aliphatic rings. The fourth-order valence-corrected chi connectivity index (χ4v) is 3.89. The second-order valence-corrected chi connectivity index (χ2v) is 6.84. The predicted octanol–water partition coefficient (Wildman–Crippen LogP) is 1.74. The number of fused-ring (bicyclic) bond motifs is 1. The largest absolute Gasteiger partial charge is 0.338 e. The molecule has 26 heavy (non-hydrogen) atoms. The SMILES string of the molecule is CC[C@H]1C=C(C)[C@@H](NC(=O)C#Cc2ccccc2)[C@H]2C(=O)N(C)C(=O)[C@H]21.